The van der Waals surface area contributed by atoms with Gasteiger partial charge in [0, 0.05) is 17.7 Å². The van der Waals surface area contributed by atoms with Gasteiger partial charge in [0.15, 0.2) is 11.6 Å². The first-order valence-electron chi connectivity index (χ1n) is 8.06. The van der Waals surface area contributed by atoms with Crippen molar-refractivity contribution in [2.45, 2.75) is 5.75 Å². The fourth-order valence-electron chi connectivity index (χ4n) is 2.82. The van der Waals surface area contributed by atoms with Crippen molar-refractivity contribution in [2.24, 2.45) is 0 Å². The molecule has 27 heavy (non-hydrogen) atoms. The Labute approximate surface area is 155 Å². The first-order valence-corrected chi connectivity index (χ1v) is 9.71. The number of nitrogens with one attached hydrogen (secondary N) is 1. The fourth-order valence-corrected chi connectivity index (χ4v) is 4.08. The molecule has 0 atom stereocenters. The van der Waals surface area contributed by atoms with Crippen LogP contribution < -0.4 is 14.2 Å². The van der Waals surface area contributed by atoms with Crippen LogP contribution in [0, 0.1) is 5.82 Å². The van der Waals surface area contributed by atoms with E-state index >= 15 is 0 Å². The third-order valence-corrected chi connectivity index (χ3v) is 5.31. The second-order valence-corrected chi connectivity index (χ2v) is 7.71. The molecule has 0 saturated carbocycles. The molecule has 0 saturated heterocycles. The van der Waals surface area contributed by atoms with E-state index in [1.54, 1.807) is 30.3 Å². The van der Waals surface area contributed by atoms with Crippen LogP contribution in [0.25, 0.3) is 11.3 Å². The number of nitrogens with zero attached hydrogens (tertiary/aromatic N) is 1. The average Bonchev–Trinajstić information content (AvgIpc) is 2.96. The van der Waals surface area contributed by atoms with Gasteiger partial charge < -0.3 is 9.47 Å². The Balaban J connectivity index is 1.62. The summed E-state index contributed by atoms with van der Waals surface area (Å²) in [7, 11) is -1.92. The van der Waals surface area contributed by atoms with E-state index in [-0.39, 0.29) is 11.5 Å². The Morgan fingerprint density at radius 3 is 2.78 bits per heavy atom. The summed E-state index contributed by atoms with van der Waals surface area (Å²) in [6.07, 6.45) is 0. The number of benzene rings is 2. The highest BCUT2D eigenvalue weighted by Gasteiger charge is 2.23. The quantitative estimate of drug-likeness (QED) is 0.735. The SMILES string of the molecule is COc1cc(Oc2cccc(-c3ccc4c(c3)NS(=O)(=O)C4)n2)ccc1F. The molecule has 1 aliphatic rings. The van der Waals surface area contributed by atoms with Gasteiger partial charge in [0.2, 0.25) is 15.9 Å². The number of aromatic nitrogens is 1. The fraction of sp³-hybridized carbons (Fsp3) is 0.105. The molecule has 0 amide bonds. The second kappa shape index (κ2) is 6.55. The van der Waals surface area contributed by atoms with E-state index in [1.807, 2.05) is 6.07 Å². The summed E-state index contributed by atoms with van der Waals surface area (Å²) in [5, 5.41) is 0. The predicted molar refractivity (Wildman–Crippen MR) is 98.9 cm³/mol. The van der Waals surface area contributed by atoms with E-state index in [9.17, 15) is 12.8 Å². The van der Waals surface area contributed by atoms with Gasteiger partial charge in [-0.1, -0.05) is 18.2 Å². The third kappa shape index (κ3) is 3.56. The van der Waals surface area contributed by atoms with Crippen molar-refractivity contribution < 1.29 is 22.3 Å². The minimum atomic E-state index is -3.30. The lowest BCUT2D eigenvalue weighted by atomic mass is 10.1. The average molecular weight is 386 g/mol. The van der Waals surface area contributed by atoms with Crippen LogP contribution in [-0.2, 0) is 15.8 Å². The van der Waals surface area contributed by atoms with Gasteiger partial charge in [0.25, 0.3) is 0 Å². The van der Waals surface area contributed by atoms with Gasteiger partial charge in [-0.15, -0.1) is 0 Å². The summed E-state index contributed by atoms with van der Waals surface area (Å²) in [6.45, 7) is 0. The molecule has 0 unspecified atom stereocenters. The van der Waals surface area contributed by atoms with Crippen LogP contribution in [0.5, 0.6) is 17.4 Å². The maximum atomic E-state index is 13.5. The van der Waals surface area contributed by atoms with E-state index in [0.29, 0.717) is 23.0 Å². The number of pyridine rings is 1. The molecule has 4 rings (SSSR count). The lowest BCUT2D eigenvalue weighted by Crippen LogP contribution is -2.05. The number of ether oxygens (including phenoxy) is 2. The van der Waals surface area contributed by atoms with Gasteiger partial charge in [0.05, 0.1) is 24.2 Å². The minimum absolute atomic E-state index is 0.0222. The van der Waals surface area contributed by atoms with E-state index < -0.39 is 15.8 Å². The Hall–Kier alpha value is -3.13. The number of methoxy groups -OCH3 is 1. The van der Waals surface area contributed by atoms with Crippen molar-refractivity contribution in [3.8, 4) is 28.6 Å². The zero-order chi connectivity index (χ0) is 19.0. The zero-order valence-corrected chi connectivity index (χ0v) is 15.1. The third-order valence-electron chi connectivity index (χ3n) is 4.09. The number of halogens is 1. The first kappa shape index (κ1) is 17.3. The van der Waals surface area contributed by atoms with Crippen LogP contribution in [0.1, 0.15) is 5.56 Å². The number of hydrogen-bond donors (Lipinski definition) is 1. The molecule has 138 valence electrons. The van der Waals surface area contributed by atoms with Crippen LogP contribution in [0.15, 0.2) is 54.6 Å². The number of sulfonamides is 1. The number of fused-ring (bicyclic) bond motifs is 1. The Bertz CT molecular complexity index is 1130. The summed E-state index contributed by atoms with van der Waals surface area (Å²) in [5.74, 6) is 0.287. The highest BCUT2D eigenvalue weighted by Crippen LogP contribution is 2.32. The highest BCUT2D eigenvalue weighted by atomic mass is 32.2. The molecule has 6 nitrogen and oxygen atoms in total. The Morgan fingerprint density at radius 1 is 1.11 bits per heavy atom. The second-order valence-electron chi connectivity index (χ2n) is 5.99. The summed E-state index contributed by atoms with van der Waals surface area (Å²) in [4.78, 5) is 4.44. The van der Waals surface area contributed by atoms with Crippen LogP contribution in [0.3, 0.4) is 0 Å². The Morgan fingerprint density at radius 2 is 1.96 bits per heavy atom. The molecule has 0 radical (unpaired) electrons. The van der Waals surface area contributed by atoms with Crippen molar-refractivity contribution >= 4 is 15.7 Å². The molecule has 3 aromatic rings. The lowest BCUT2D eigenvalue weighted by molar-refractivity contribution is 0.380. The van der Waals surface area contributed by atoms with Gasteiger partial charge in [-0.25, -0.2) is 17.8 Å². The summed E-state index contributed by atoms with van der Waals surface area (Å²) in [5.41, 5.74) is 2.66. The number of rotatable bonds is 4. The largest absolute Gasteiger partial charge is 0.494 e. The molecule has 0 spiro atoms. The molecule has 8 heteroatoms. The molecule has 2 heterocycles. The van der Waals surface area contributed by atoms with Gasteiger partial charge in [-0.05, 0) is 29.8 Å². The number of anilines is 1. The molecule has 1 aliphatic heterocycles. The molecule has 0 aliphatic carbocycles. The molecule has 0 fully saturated rings. The summed E-state index contributed by atoms with van der Waals surface area (Å²) >= 11 is 0. The van der Waals surface area contributed by atoms with Gasteiger partial charge in [-0.3, -0.25) is 4.72 Å². The molecule has 1 N–H and O–H groups in total. The normalized spacial score (nSPS) is 14.3. The van der Waals surface area contributed by atoms with E-state index in [2.05, 4.69) is 9.71 Å². The minimum Gasteiger partial charge on any atom is -0.494 e. The van der Waals surface area contributed by atoms with Crippen LogP contribution in [0.2, 0.25) is 0 Å². The molecular formula is C19H15FN2O4S. The van der Waals surface area contributed by atoms with Crippen molar-refractivity contribution in [3.63, 3.8) is 0 Å². The van der Waals surface area contributed by atoms with E-state index in [4.69, 9.17) is 9.47 Å². The standard InChI is InChI=1S/C19H15FN2O4S/c1-25-18-10-14(7-8-15(18)20)26-19-4-2-3-16(21-19)12-5-6-13-11-27(23,24)22-17(13)9-12/h2-10,22H,11H2,1H3. The highest BCUT2D eigenvalue weighted by molar-refractivity contribution is 7.92. The van der Waals surface area contributed by atoms with Crippen molar-refractivity contribution in [2.75, 3.05) is 11.8 Å². The maximum Gasteiger partial charge on any atom is 0.237 e. The van der Waals surface area contributed by atoms with Crippen LogP contribution in [-0.4, -0.2) is 20.5 Å². The predicted octanol–water partition coefficient (Wildman–Crippen LogP) is 3.94. The summed E-state index contributed by atoms with van der Waals surface area (Å²) < 4.78 is 50.0. The topological polar surface area (TPSA) is 77.5 Å². The monoisotopic (exact) mass is 386 g/mol. The smallest absolute Gasteiger partial charge is 0.237 e. The van der Waals surface area contributed by atoms with Crippen molar-refractivity contribution in [3.05, 3.63) is 66.0 Å². The van der Waals surface area contributed by atoms with Crippen molar-refractivity contribution in [1.82, 2.24) is 4.98 Å². The zero-order valence-electron chi connectivity index (χ0n) is 14.3. The van der Waals surface area contributed by atoms with E-state index in [0.717, 1.165) is 11.1 Å². The van der Waals surface area contributed by atoms with Crippen LogP contribution in [0.4, 0.5) is 10.1 Å². The first-order chi connectivity index (χ1) is 12.9. The molecular weight excluding hydrogens is 371 g/mol. The molecule has 2 aromatic carbocycles. The van der Waals surface area contributed by atoms with Crippen molar-refractivity contribution in [1.29, 1.82) is 0 Å². The number of hydrogen-bond acceptors (Lipinski definition) is 5. The Kier molecular flexibility index (Phi) is 4.19. The molecule has 0 bridgehead atoms. The van der Waals surface area contributed by atoms with Gasteiger partial charge in [0.1, 0.15) is 5.75 Å². The van der Waals surface area contributed by atoms with Gasteiger partial charge >= 0.3 is 0 Å². The lowest BCUT2D eigenvalue weighted by Gasteiger charge is -2.09. The van der Waals surface area contributed by atoms with E-state index in [1.165, 1.54) is 25.3 Å². The summed E-state index contributed by atoms with van der Waals surface area (Å²) in [6, 6.07) is 14.7. The van der Waals surface area contributed by atoms with Crippen LogP contribution >= 0.6 is 0 Å². The maximum absolute atomic E-state index is 13.5. The van der Waals surface area contributed by atoms with Gasteiger partial charge in [-0.2, -0.15) is 0 Å². The molecule has 1 aromatic heterocycles.